The van der Waals surface area contributed by atoms with Gasteiger partial charge < -0.3 is 14.8 Å². The van der Waals surface area contributed by atoms with Crippen LogP contribution in [-0.2, 0) is 7.05 Å². The lowest BCUT2D eigenvalue weighted by atomic mass is 10.1. The molecule has 3 rings (SSSR count). The molecule has 0 saturated heterocycles. The summed E-state index contributed by atoms with van der Waals surface area (Å²) < 4.78 is 16.2. The molecule has 6 heteroatoms. The van der Waals surface area contributed by atoms with E-state index in [1.807, 2.05) is 60.9 Å². The highest BCUT2D eigenvalue weighted by atomic mass is 79.9. The molecule has 0 spiro atoms. The Balaban J connectivity index is 1.84. The molecule has 0 aliphatic rings. The molecular weight excluding hydrogens is 397 g/mol. The Morgan fingerprint density at radius 2 is 1.96 bits per heavy atom. The maximum Gasteiger partial charge on any atom is 0.269 e. The fourth-order valence-electron chi connectivity index (χ4n) is 3.18. The number of hydrogen-bond donors (Lipinski definition) is 1. The first kappa shape index (κ1) is 18.6. The molecule has 0 fully saturated rings. The van der Waals surface area contributed by atoms with Gasteiger partial charge in [-0.25, -0.2) is 4.39 Å². The molecule has 1 N–H and O–H groups in total. The van der Waals surface area contributed by atoms with Crippen LogP contribution in [0.1, 0.15) is 22.1 Å². The zero-order valence-electron chi connectivity index (χ0n) is 15.0. The summed E-state index contributed by atoms with van der Waals surface area (Å²) in [6.45, 7) is 0.378. The number of aryl methyl sites for hydroxylation is 1. The molecule has 1 aromatic heterocycles. The number of fused-ring (bicyclic) bond motifs is 1. The summed E-state index contributed by atoms with van der Waals surface area (Å²) in [4.78, 5) is 14.8. The molecule has 0 aliphatic heterocycles. The van der Waals surface area contributed by atoms with E-state index in [-0.39, 0.29) is 17.8 Å². The van der Waals surface area contributed by atoms with Crippen LogP contribution in [0.25, 0.3) is 10.9 Å². The Bertz CT molecular complexity index is 912. The smallest absolute Gasteiger partial charge is 0.269 e. The van der Waals surface area contributed by atoms with Gasteiger partial charge in [0.1, 0.15) is 11.5 Å². The fourth-order valence-corrected chi connectivity index (χ4v) is 3.97. The summed E-state index contributed by atoms with van der Waals surface area (Å²) in [7, 11) is 5.70. The maximum atomic E-state index is 13.6. The van der Waals surface area contributed by atoms with Crippen molar-refractivity contribution >= 4 is 32.7 Å². The minimum atomic E-state index is -0.280. The van der Waals surface area contributed by atoms with E-state index in [4.69, 9.17) is 0 Å². The molecule has 0 saturated carbocycles. The molecule has 2 aromatic carbocycles. The summed E-state index contributed by atoms with van der Waals surface area (Å²) in [5, 5.41) is 3.98. The van der Waals surface area contributed by atoms with Crippen LogP contribution in [0.15, 0.2) is 53.0 Å². The zero-order valence-corrected chi connectivity index (χ0v) is 16.5. The summed E-state index contributed by atoms with van der Waals surface area (Å²) in [5.41, 5.74) is 2.38. The van der Waals surface area contributed by atoms with Crippen LogP contribution in [0.4, 0.5) is 4.39 Å². The van der Waals surface area contributed by atoms with E-state index < -0.39 is 0 Å². The zero-order chi connectivity index (χ0) is 18.8. The number of carbonyl (C=O) groups is 1. The summed E-state index contributed by atoms with van der Waals surface area (Å²) >= 11 is 3.55. The van der Waals surface area contributed by atoms with Crippen molar-refractivity contribution in [1.29, 1.82) is 0 Å². The summed E-state index contributed by atoms with van der Waals surface area (Å²) in [6.07, 6.45) is 0. The van der Waals surface area contributed by atoms with E-state index >= 15 is 0 Å². The maximum absolute atomic E-state index is 13.6. The molecule has 26 heavy (non-hydrogen) atoms. The molecule has 1 heterocycles. The molecule has 1 amide bonds. The third-order valence-corrected chi connectivity index (χ3v) is 5.38. The molecule has 4 nitrogen and oxygen atoms in total. The second-order valence-electron chi connectivity index (χ2n) is 6.48. The van der Waals surface area contributed by atoms with Gasteiger partial charge in [0.2, 0.25) is 0 Å². The largest absolute Gasteiger partial charge is 0.349 e. The topological polar surface area (TPSA) is 37.3 Å². The number of benzene rings is 2. The fraction of sp³-hybridized carbons (Fsp3) is 0.250. The van der Waals surface area contributed by atoms with E-state index in [1.54, 1.807) is 6.07 Å². The van der Waals surface area contributed by atoms with Gasteiger partial charge in [0.25, 0.3) is 5.91 Å². The molecular formula is C20H21BrFN3O. The van der Waals surface area contributed by atoms with Crippen molar-refractivity contribution < 1.29 is 9.18 Å². The van der Waals surface area contributed by atoms with Gasteiger partial charge in [-0.05, 0) is 53.8 Å². The van der Waals surface area contributed by atoms with Gasteiger partial charge >= 0.3 is 0 Å². The third-order valence-electron chi connectivity index (χ3n) is 4.57. The monoisotopic (exact) mass is 417 g/mol. The van der Waals surface area contributed by atoms with Gasteiger partial charge in [-0.1, -0.05) is 30.3 Å². The van der Waals surface area contributed by atoms with Crippen molar-refractivity contribution in [2.75, 3.05) is 20.6 Å². The van der Waals surface area contributed by atoms with Crippen LogP contribution < -0.4 is 5.32 Å². The number of amides is 1. The SMILES string of the molecule is CN(C)C(CNC(=O)c1c(Br)c2ccccc2n1C)c1cccc(F)c1. The van der Waals surface area contributed by atoms with E-state index in [0.29, 0.717) is 12.2 Å². The van der Waals surface area contributed by atoms with Crippen LogP contribution in [0.2, 0.25) is 0 Å². The van der Waals surface area contributed by atoms with E-state index in [1.165, 1.54) is 12.1 Å². The predicted octanol–water partition coefficient (Wildman–Crippen LogP) is 4.11. The highest BCUT2D eigenvalue weighted by Crippen LogP contribution is 2.30. The normalized spacial score (nSPS) is 12.5. The van der Waals surface area contributed by atoms with Gasteiger partial charge in [0.05, 0.1) is 10.5 Å². The van der Waals surface area contributed by atoms with Crippen LogP contribution in [-0.4, -0.2) is 36.0 Å². The Hall–Kier alpha value is -2.18. The minimum absolute atomic E-state index is 0.122. The van der Waals surface area contributed by atoms with Gasteiger partial charge in [0, 0.05) is 24.5 Å². The number of carbonyl (C=O) groups excluding carboxylic acids is 1. The van der Waals surface area contributed by atoms with Crippen molar-refractivity contribution in [3.8, 4) is 0 Å². The molecule has 136 valence electrons. The number of nitrogens with zero attached hydrogens (tertiary/aromatic N) is 2. The second kappa shape index (κ2) is 7.60. The van der Waals surface area contributed by atoms with Gasteiger partial charge in [-0.15, -0.1) is 0 Å². The lowest BCUT2D eigenvalue weighted by Gasteiger charge is -2.25. The van der Waals surface area contributed by atoms with E-state index in [2.05, 4.69) is 21.2 Å². The molecule has 0 bridgehead atoms. The number of likely N-dealkylation sites (N-methyl/N-ethyl adjacent to an activating group) is 1. The second-order valence-corrected chi connectivity index (χ2v) is 7.28. The van der Waals surface area contributed by atoms with Gasteiger partial charge in [0.15, 0.2) is 0 Å². The lowest BCUT2D eigenvalue weighted by Crippen LogP contribution is -2.35. The third kappa shape index (κ3) is 3.52. The van der Waals surface area contributed by atoms with Crippen LogP contribution in [0, 0.1) is 5.82 Å². The van der Waals surface area contributed by atoms with Crippen molar-refractivity contribution in [3.05, 3.63) is 70.1 Å². The van der Waals surface area contributed by atoms with Crippen LogP contribution in [0.5, 0.6) is 0 Å². The van der Waals surface area contributed by atoms with E-state index in [0.717, 1.165) is 20.9 Å². The molecule has 1 atom stereocenters. The molecule has 0 radical (unpaired) electrons. The van der Waals surface area contributed by atoms with Gasteiger partial charge in [-0.2, -0.15) is 0 Å². The van der Waals surface area contributed by atoms with Crippen molar-refractivity contribution in [2.45, 2.75) is 6.04 Å². The summed E-state index contributed by atoms with van der Waals surface area (Å²) in [5.74, 6) is -0.448. The van der Waals surface area contributed by atoms with Crippen LogP contribution >= 0.6 is 15.9 Å². The minimum Gasteiger partial charge on any atom is -0.349 e. The first-order valence-corrected chi connectivity index (χ1v) is 9.12. The molecule has 1 unspecified atom stereocenters. The Morgan fingerprint density at radius 1 is 1.23 bits per heavy atom. The average Bonchev–Trinajstić information content (AvgIpc) is 2.86. The number of hydrogen-bond acceptors (Lipinski definition) is 2. The standard InChI is InChI=1S/C20H21BrFN3O/c1-24(2)17(13-7-6-8-14(22)11-13)12-23-20(26)19-18(21)15-9-4-5-10-16(15)25(19)3/h4-11,17H,12H2,1-3H3,(H,23,26). The van der Waals surface area contributed by atoms with Crippen LogP contribution in [0.3, 0.4) is 0 Å². The molecule has 0 aliphatic carbocycles. The molecule has 3 aromatic rings. The highest BCUT2D eigenvalue weighted by Gasteiger charge is 2.21. The average molecular weight is 418 g/mol. The van der Waals surface area contributed by atoms with Crippen molar-refractivity contribution in [1.82, 2.24) is 14.8 Å². The predicted molar refractivity (Wildman–Crippen MR) is 106 cm³/mol. The number of halogens is 2. The van der Waals surface area contributed by atoms with E-state index in [9.17, 15) is 9.18 Å². The lowest BCUT2D eigenvalue weighted by molar-refractivity contribution is 0.0933. The number of aromatic nitrogens is 1. The first-order chi connectivity index (χ1) is 12.4. The Kier molecular flexibility index (Phi) is 5.44. The Morgan fingerprint density at radius 3 is 2.62 bits per heavy atom. The first-order valence-electron chi connectivity index (χ1n) is 8.33. The highest BCUT2D eigenvalue weighted by molar-refractivity contribution is 9.10. The van der Waals surface area contributed by atoms with Crippen molar-refractivity contribution in [3.63, 3.8) is 0 Å². The quantitative estimate of drug-likeness (QED) is 0.677. The Labute approximate surface area is 160 Å². The number of para-hydroxylation sites is 1. The number of nitrogens with one attached hydrogen (secondary N) is 1. The number of rotatable bonds is 5. The van der Waals surface area contributed by atoms with Gasteiger partial charge in [-0.3, -0.25) is 4.79 Å². The van der Waals surface area contributed by atoms with Crippen molar-refractivity contribution in [2.24, 2.45) is 7.05 Å². The summed E-state index contributed by atoms with van der Waals surface area (Å²) in [6, 6.07) is 14.2.